The minimum atomic E-state index is -1.06. The number of aliphatic carboxylic acids is 1. The minimum absolute atomic E-state index is 0.000453. The van der Waals surface area contributed by atoms with Crippen LogP contribution < -0.4 is 16.8 Å². The van der Waals surface area contributed by atoms with Gasteiger partial charge in [-0.15, -0.1) is 0 Å². The van der Waals surface area contributed by atoms with Crippen LogP contribution in [-0.4, -0.2) is 35.3 Å². The molecule has 3 amide bonds. The van der Waals surface area contributed by atoms with Crippen LogP contribution in [0.3, 0.4) is 0 Å². The fourth-order valence-corrected chi connectivity index (χ4v) is 1.43. The lowest BCUT2D eigenvalue weighted by Gasteiger charge is -2.07. The van der Waals surface area contributed by atoms with Gasteiger partial charge < -0.3 is 21.9 Å². The average Bonchev–Trinajstić information content (AvgIpc) is 2.37. The molecule has 0 atom stereocenters. The predicted octanol–water partition coefficient (Wildman–Crippen LogP) is -0.911. The number of hydrogen-bond acceptors (Lipinski definition) is 4. The molecule has 1 aromatic carbocycles. The van der Waals surface area contributed by atoms with Gasteiger partial charge in [0.2, 0.25) is 11.8 Å². The van der Waals surface area contributed by atoms with E-state index in [1.807, 2.05) is 0 Å². The van der Waals surface area contributed by atoms with Crippen LogP contribution >= 0.6 is 0 Å². The predicted molar refractivity (Wildman–Crippen MR) is 68.1 cm³/mol. The summed E-state index contributed by atoms with van der Waals surface area (Å²) in [5.41, 5.74) is 10.1. The number of nitrogens with one attached hydrogen (secondary N) is 1. The molecule has 20 heavy (non-hydrogen) atoms. The largest absolute Gasteiger partial charge is 0.481 e. The zero-order valence-corrected chi connectivity index (χ0v) is 10.4. The summed E-state index contributed by atoms with van der Waals surface area (Å²) in [6, 6.07) is 3.58. The van der Waals surface area contributed by atoms with Crippen molar-refractivity contribution >= 4 is 23.7 Å². The van der Waals surface area contributed by atoms with Crippen LogP contribution in [0.2, 0.25) is 0 Å². The Labute approximate surface area is 113 Å². The first-order chi connectivity index (χ1) is 9.31. The molecule has 0 unspecified atom stereocenters. The molecule has 0 aliphatic carbocycles. The molecule has 106 valence electrons. The third kappa shape index (κ3) is 4.09. The number of rotatable bonds is 6. The van der Waals surface area contributed by atoms with Crippen LogP contribution in [0.15, 0.2) is 18.2 Å². The zero-order chi connectivity index (χ0) is 15.3. The smallest absolute Gasteiger partial charge is 0.305 e. The molecule has 0 aromatic heterocycles. The molecule has 8 heteroatoms. The van der Waals surface area contributed by atoms with Gasteiger partial charge in [-0.2, -0.15) is 0 Å². The van der Waals surface area contributed by atoms with E-state index >= 15 is 0 Å². The van der Waals surface area contributed by atoms with Crippen molar-refractivity contribution in [3.63, 3.8) is 0 Å². The van der Waals surface area contributed by atoms with Gasteiger partial charge in [-0.1, -0.05) is 0 Å². The van der Waals surface area contributed by atoms with Gasteiger partial charge in [0.05, 0.1) is 6.42 Å². The number of carboxylic acids is 1. The summed E-state index contributed by atoms with van der Waals surface area (Å²) < 4.78 is 0. The van der Waals surface area contributed by atoms with Crippen molar-refractivity contribution in [3.05, 3.63) is 34.9 Å². The Morgan fingerprint density at radius 2 is 1.40 bits per heavy atom. The highest BCUT2D eigenvalue weighted by molar-refractivity contribution is 6.03. The van der Waals surface area contributed by atoms with Crippen LogP contribution in [0.5, 0.6) is 0 Å². The van der Waals surface area contributed by atoms with Gasteiger partial charge >= 0.3 is 5.97 Å². The molecule has 0 saturated heterocycles. The average molecular weight is 279 g/mol. The Kier molecular flexibility index (Phi) is 4.79. The summed E-state index contributed by atoms with van der Waals surface area (Å²) >= 11 is 0. The SMILES string of the molecule is NC(=O)c1cc(C(N)=O)cc(C(=O)NCCC(=O)O)c1. The second-order valence-corrected chi connectivity index (χ2v) is 3.93. The highest BCUT2D eigenvalue weighted by atomic mass is 16.4. The minimum Gasteiger partial charge on any atom is -0.481 e. The molecule has 0 aliphatic heterocycles. The number of benzene rings is 1. The number of nitrogens with two attached hydrogens (primary N) is 2. The Balaban J connectivity index is 2.98. The summed E-state index contributed by atoms with van der Waals surface area (Å²) in [6.45, 7) is -0.0825. The third-order valence-corrected chi connectivity index (χ3v) is 2.39. The topological polar surface area (TPSA) is 153 Å². The first kappa shape index (κ1) is 15.2. The first-order valence-corrected chi connectivity index (χ1v) is 5.56. The van der Waals surface area contributed by atoms with Crippen LogP contribution in [0.4, 0.5) is 0 Å². The molecule has 0 saturated carbocycles. The number of hydrogen-bond donors (Lipinski definition) is 4. The number of carboxylic acid groups (broad SMARTS) is 1. The Hall–Kier alpha value is -2.90. The van der Waals surface area contributed by atoms with Gasteiger partial charge in [0.1, 0.15) is 0 Å². The van der Waals surface area contributed by atoms with Crippen molar-refractivity contribution in [2.45, 2.75) is 6.42 Å². The van der Waals surface area contributed by atoms with Crippen LogP contribution in [-0.2, 0) is 4.79 Å². The van der Waals surface area contributed by atoms with Crippen LogP contribution in [0, 0.1) is 0 Å². The van der Waals surface area contributed by atoms with E-state index in [0.717, 1.165) is 0 Å². The second kappa shape index (κ2) is 6.32. The van der Waals surface area contributed by atoms with Crippen molar-refractivity contribution in [1.29, 1.82) is 0 Å². The van der Waals surface area contributed by atoms with E-state index in [1.54, 1.807) is 0 Å². The summed E-state index contributed by atoms with van der Waals surface area (Å²) in [7, 11) is 0. The molecular weight excluding hydrogens is 266 g/mol. The summed E-state index contributed by atoms with van der Waals surface area (Å²) in [5.74, 6) is -3.31. The Morgan fingerprint density at radius 1 is 0.950 bits per heavy atom. The standard InChI is InChI=1S/C12H13N3O5/c13-10(18)6-3-7(11(14)19)5-8(4-6)12(20)15-2-1-9(16)17/h3-5H,1-2H2,(H2,13,18)(H2,14,19)(H,15,20)(H,16,17). The van der Waals surface area contributed by atoms with Gasteiger partial charge in [0.15, 0.2) is 0 Å². The molecule has 6 N–H and O–H groups in total. The Morgan fingerprint density at radius 3 is 1.80 bits per heavy atom. The summed E-state index contributed by atoms with van der Waals surface area (Å²) in [5, 5.41) is 10.8. The lowest BCUT2D eigenvalue weighted by molar-refractivity contribution is -0.136. The third-order valence-electron chi connectivity index (χ3n) is 2.39. The van der Waals surface area contributed by atoms with E-state index in [-0.39, 0.29) is 29.7 Å². The first-order valence-electron chi connectivity index (χ1n) is 5.56. The summed E-state index contributed by atoms with van der Waals surface area (Å²) in [4.78, 5) is 44.3. The van der Waals surface area contributed by atoms with E-state index in [9.17, 15) is 19.2 Å². The van der Waals surface area contributed by atoms with Gasteiger partial charge in [-0.05, 0) is 18.2 Å². The monoisotopic (exact) mass is 279 g/mol. The number of primary amides is 2. The van der Waals surface area contributed by atoms with Gasteiger partial charge in [0, 0.05) is 23.2 Å². The van der Waals surface area contributed by atoms with E-state index in [2.05, 4.69) is 5.32 Å². The molecule has 0 spiro atoms. The second-order valence-electron chi connectivity index (χ2n) is 3.93. The lowest BCUT2D eigenvalue weighted by Crippen LogP contribution is -2.27. The Bertz CT molecular complexity index is 550. The molecule has 1 aromatic rings. The molecular formula is C12H13N3O5. The quantitative estimate of drug-likeness (QED) is 0.531. The normalized spacial score (nSPS) is 9.80. The van der Waals surface area contributed by atoms with Crippen LogP contribution in [0.25, 0.3) is 0 Å². The van der Waals surface area contributed by atoms with Crippen molar-refractivity contribution in [3.8, 4) is 0 Å². The van der Waals surface area contributed by atoms with Crippen LogP contribution in [0.1, 0.15) is 37.5 Å². The molecule has 0 fully saturated rings. The molecule has 0 heterocycles. The number of carbonyl (C=O) groups is 4. The number of amides is 3. The van der Waals surface area contributed by atoms with E-state index in [4.69, 9.17) is 16.6 Å². The van der Waals surface area contributed by atoms with E-state index in [0.29, 0.717) is 0 Å². The fourth-order valence-electron chi connectivity index (χ4n) is 1.43. The van der Waals surface area contributed by atoms with Crippen molar-refractivity contribution in [2.24, 2.45) is 11.5 Å². The lowest BCUT2D eigenvalue weighted by atomic mass is 10.0. The number of carbonyl (C=O) groups excluding carboxylic acids is 3. The molecule has 0 bridgehead atoms. The molecule has 0 radical (unpaired) electrons. The van der Waals surface area contributed by atoms with Crippen molar-refractivity contribution < 1.29 is 24.3 Å². The highest BCUT2D eigenvalue weighted by Gasteiger charge is 2.13. The maximum Gasteiger partial charge on any atom is 0.305 e. The van der Waals surface area contributed by atoms with Gasteiger partial charge in [-0.3, -0.25) is 19.2 Å². The highest BCUT2D eigenvalue weighted by Crippen LogP contribution is 2.10. The molecule has 1 rings (SSSR count). The molecule has 8 nitrogen and oxygen atoms in total. The van der Waals surface area contributed by atoms with Gasteiger partial charge in [-0.25, -0.2) is 0 Å². The van der Waals surface area contributed by atoms with Crippen molar-refractivity contribution in [1.82, 2.24) is 5.32 Å². The van der Waals surface area contributed by atoms with E-state index in [1.165, 1.54) is 18.2 Å². The summed E-state index contributed by atoms with van der Waals surface area (Å²) in [6.07, 6.45) is -0.246. The van der Waals surface area contributed by atoms with E-state index < -0.39 is 23.7 Å². The zero-order valence-electron chi connectivity index (χ0n) is 10.4. The maximum atomic E-state index is 11.8. The van der Waals surface area contributed by atoms with Crippen molar-refractivity contribution in [2.75, 3.05) is 6.54 Å². The van der Waals surface area contributed by atoms with Gasteiger partial charge in [0.25, 0.3) is 5.91 Å². The molecule has 0 aliphatic rings. The fraction of sp³-hybridized carbons (Fsp3) is 0.167. The maximum absolute atomic E-state index is 11.8.